The van der Waals surface area contributed by atoms with Crippen LogP contribution in [0.25, 0.3) is 0 Å². The standard InChI is InChI=1S/C36H60N2O2/c1-33(2,3)25-17-23(18-26(21-25)34(4,5)6)31(39)37-29-13-15-30(16-14-29)38-32(40)24-19-27(35(7,8)9)22-28(20-24)36(10,11)12/h13-16,23-28H,17-22H2,1-12H3,(H,37,39)(H,38,40). The average Bonchev–Trinajstić information content (AvgIpc) is 2.82. The molecule has 0 bridgehead atoms. The van der Waals surface area contributed by atoms with Crippen molar-refractivity contribution in [3.05, 3.63) is 24.3 Å². The van der Waals surface area contributed by atoms with Crippen LogP contribution in [0.5, 0.6) is 0 Å². The lowest BCUT2D eigenvalue weighted by Crippen LogP contribution is -2.40. The van der Waals surface area contributed by atoms with E-state index in [1.807, 2.05) is 24.3 Å². The zero-order chi connectivity index (χ0) is 30.3. The van der Waals surface area contributed by atoms with Gasteiger partial charge >= 0.3 is 0 Å². The van der Waals surface area contributed by atoms with Gasteiger partial charge in [0, 0.05) is 23.2 Å². The quantitative estimate of drug-likeness (QED) is 0.390. The highest BCUT2D eigenvalue weighted by atomic mass is 16.2. The summed E-state index contributed by atoms with van der Waals surface area (Å²) < 4.78 is 0. The number of anilines is 2. The van der Waals surface area contributed by atoms with Gasteiger partial charge in [0.1, 0.15) is 0 Å². The average molecular weight is 553 g/mol. The van der Waals surface area contributed by atoms with E-state index in [0.717, 1.165) is 37.1 Å². The number of benzene rings is 1. The van der Waals surface area contributed by atoms with Crippen molar-refractivity contribution < 1.29 is 9.59 Å². The molecule has 0 radical (unpaired) electrons. The lowest BCUT2D eigenvalue weighted by Gasteiger charge is -2.45. The van der Waals surface area contributed by atoms with Gasteiger partial charge < -0.3 is 10.6 Å². The summed E-state index contributed by atoms with van der Waals surface area (Å²) >= 11 is 0. The van der Waals surface area contributed by atoms with Crippen LogP contribution in [0.1, 0.15) is 122 Å². The molecule has 226 valence electrons. The summed E-state index contributed by atoms with van der Waals surface area (Å²) in [5.74, 6) is 2.46. The number of amides is 2. The van der Waals surface area contributed by atoms with Crippen LogP contribution in [-0.4, -0.2) is 11.8 Å². The van der Waals surface area contributed by atoms with Gasteiger partial charge in [-0.2, -0.15) is 0 Å². The van der Waals surface area contributed by atoms with Crippen molar-refractivity contribution in [1.82, 2.24) is 0 Å². The maximum atomic E-state index is 13.4. The van der Waals surface area contributed by atoms with Crippen molar-refractivity contribution in [3.63, 3.8) is 0 Å². The molecule has 4 unspecified atom stereocenters. The maximum Gasteiger partial charge on any atom is 0.227 e. The van der Waals surface area contributed by atoms with Crippen LogP contribution in [0.4, 0.5) is 11.4 Å². The number of rotatable bonds is 4. The van der Waals surface area contributed by atoms with Crippen LogP contribution < -0.4 is 10.6 Å². The van der Waals surface area contributed by atoms with Crippen molar-refractivity contribution in [3.8, 4) is 0 Å². The second-order valence-corrected chi connectivity index (χ2v) is 17.6. The normalized spacial score (nSPS) is 28.6. The Hall–Kier alpha value is -1.84. The van der Waals surface area contributed by atoms with Gasteiger partial charge in [-0.1, -0.05) is 83.1 Å². The molecule has 0 heterocycles. The van der Waals surface area contributed by atoms with Crippen LogP contribution in [0.3, 0.4) is 0 Å². The van der Waals surface area contributed by atoms with E-state index in [9.17, 15) is 9.59 Å². The Morgan fingerprint density at radius 3 is 0.900 bits per heavy atom. The van der Waals surface area contributed by atoms with Gasteiger partial charge in [-0.05, 0) is 108 Å². The van der Waals surface area contributed by atoms with Gasteiger partial charge in [-0.25, -0.2) is 0 Å². The van der Waals surface area contributed by atoms with E-state index in [2.05, 4.69) is 93.7 Å². The summed E-state index contributed by atoms with van der Waals surface area (Å²) in [7, 11) is 0. The maximum absolute atomic E-state index is 13.4. The van der Waals surface area contributed by atoms with E-state index >= 15 is 0 Å². The highest BCUT2D eigenvalue weighted by Gasteiger charge is 2.43. The molecule has 2 aliphatic carbocycles. The lowest BCUT2D eigenvalue weighted by atomic mass is 9.60. The topological polar surface area (TPSA) is 58.2 Å². The van der Waals surface area contributed by atoms with Crippen LogP contribution in [0.2, 0.25) is 0 Å². The monoisotopic (exact) mass is 552 g/mol. The summed E-state index contributed by atoms with van der Waals surface area (Å²) in [6.45, 7) is 27.7. The molecule has 4 nitrogen and oxygen atoms in total. The van der Waals surface area contributed by atoms with Crippen molar-refractivity contribution in [2.24, 2.45) is 57.2 Å². The SMILES string of the molecule is CC(C)(C)C1CC(C(=O)Nc2ccc(NC(=O)C3CC(C(C)(C)C)CC(C(C)(C)C)C3)cc2)CC(C(C)(C)C)C1. The second kappa shape index (κ2) is 11.8. The summed E-state index contributed by atoms with van der Waals surface area (Å²) in [6.07, 6.45) is 6.18. The zero-order valence-electron chi connectivity index (χ0n) is 27.8. The molecule has 1 aromatic carbocycles. The van der Waals surface area contributed by atoms with E-state index in [4.69, 9.17) is 0 Å². The Labute approximate surface area is 246 Å². The smallest absolute Gasteiger partial charge is 0.227 e. The molecule has 2 saturated carbocycles. The van der Waals surface area contributed by atoms with Crippen LogP contribution in [-0.2, 0) is 9.59 Å². The fourth-order valence-corrected chi connectivity index (χ4v) is 7.02. The highest BCUT2D eigenvalue weighted by molar-refractivity contribution is 5.94. The molecule has 0 aliphatic heterocycles. The first kappa shape index (κ1) is 32.7. The van der Waals surface area contributed by atoms with Crippen molar-refractivity contribution in [2.75, 3.05) is 10.6 Å². The van der Waals surface area contributed by atoms with Crippen molar-refractivity contribution in [2.45, 2.75) is 122 Å². The Morgan fingerprint density at radius 2 is 0.700 bits per heavy atom. The Kier molecular flexibility index (Phi) is 9.64. The molecule has 3 rings (SSSR count). The largest absolute Gasteiger partial charge is 0.326 e. The zero-order valence-corrected chi connectivity index (χ0v) is 27.8. The minimum absolute atomic E-state index is 0.0272. The molecule has 2 fully saturated rings. The molecule has 4 atom stereocenters. The Balaban J connectivity index is 1.65. The Morgan fingerprint density at radius 1 is 0.475 bits per heavy atom. The van der Waals surface area contributed by atoms with Gasteiger partial charge in [0.2, 0.25) is 11.8 Å². The van der Waals surface area contributed by atoms with E-state index in [1.165, 1.54) is 12.8 Å². The fourth-order valence-electron chi connectivity index (χ4n) is 7.02. The number of hydrogen-bond acceptors (Lipinski definition) is 2. The van der Waals surface area contributed by atoms with Crippen LogP contribution in [0, 0.1) is 57.2 Å². The molecule has 2 amide bonds. The molecule has 40 heavy (non-hydrogen) atoms. The molecular formula is C36H60N2O2. The molecule has 0 saturated heterocycles. The first-order valence-electron chi connectivity index (χ1n) is 15.9. The van der Waals surface area contributed by atoms with Gasteiger partial charge in [0.05, 0.1) is 0 Å². The van der Waals surface area contributed by atoms with Gasteiger partial charge in [0.25, 0.3) is 0 Å². The Bertz CT molecular complexity index is 886. The third-order valence-electron chi connectivity index (χ3n) is 10.5. The second-order valence-electron chi connectivity index (χ2n) is 17.6. The molecule has 2 aliphatic rings. The first-order valence-corrected chi connectivity index (χ1v) is 15.9. The third-order valence-corrected chi connectivity index (χ3v) is 10.5. The molecule has 0 aromatic heterocycles. The molecule has 0 spiro atoms. The summed E-state index contributed by atoms with van der Waals surface area (Å²) in [5.41, 5.74) is 2.37. The van der Waals surface area contributed by atoms with Crippen molar-refractivity contribution >= 4 is 23.2 Å². The van der Waals surface area contributed by atoms with E-state index in [-0.39, 0.29) is 45.3 Å². The van der Waals surface area contributed by atoms with E-state index < -0.39 is 0 Å². The summed E-state index contributed by atoms with van der Waals surface area (Å²) in [4.78, 5) is 26.8. The minimum atomic E-state index is 0.0272. The number of hydrogen-bond donors (Lipinski definition) is 2. The molecule has 2 N–H and O–H groups in total. The van der Waals surface area contributed by atoms with Gasteiger partial charge in [0.15, 0.2) is 0 Å². The van der Waals surface area contributed by atoms with Crippen LogP contribution in [0.15, 0.2) is 24.3 Å². The predicted octanol–water partition coefficient (Wildman–Crippen LogP) is 9.81. The number of nitrogens with one attached hydrogen (secondary N) is 2. The molecule has 1 aromatic rings. The lowest BCUT2D eigenvalue weighted by molar-refractivity contribution is -0.124. The number of carbonyl (C=O) groups is 2. The minimum Gasteiger partial charge on any atom is -0.326 e. The fraction of sp³-hybridized carbons (Fsp3) is 0.778. The highest BCUT2D eigenvalue weighted by Crippen LogP contribution is 2.49. The summed E-state index contributed by atoms with van der Waals surface area (Å²) in [6, 6.07) is 7.70. The van der Waals surface area contributed by atoms with E-state index in [1.54, 1.807) is 0 Å². The van der Waals surface area contributed by atoms with Gasteiger partial charge in [-0.3, -0.25) is 9.59 Å². The summed E-state index contributed by atoms with van der Waals surface area (Å²) in [5, 5.41) is 6.39. The first-order chi connectivity index (χ1) is 18.1. The third kappa shape index (κ3) is 8.58. The van der Waals surface area contributed by atoms with E-state index in [0.29, 0.717) is 23.7 Å². The van der Waals surface area contributed by atoms with Crippen molar-refractivity contribution in [1.29, 1.82) is 0 Å². The van der Waals surface area contributed by atoms with Gasteiger partial charge in [-0.15, -0.1) is 0 Å². The molecule has 4 heteroatoms. The molecular weight excluding hydrogens is 492 g/mol. The predicted molar refractivity (Wildman–Crippen MR) is 170 cm³/mol. The number of carbonyl (C=O) groups excluding carboxylic acids is 2. The van der Waals surface area contributed by atoms with Crippen LogP contribution >= 0.6 is 0 Å².